The summed E-state index contributed by atoms with van der Waals surface area (Å²) in [6.07, 6.45) is 2.43. The number of aliphatic hydroxyl groups excluding tert-OH is 1. The van der Waals surface area contributed by atoms with E-state index < -0.39 is 0 Å². The Morgan fingerprint density at radius 3 is 2.92 bits per heavy atom. The fourth-order valence-corrected chi connectivity index (χ4v) is 3.67. The van der Waals surface area contributed by atoms with Gasteiger partial charge in [-0.15, -0.1) is 0 Å². The van der Waals surface area contributed by atoms with Crippen molar-refractivity contribution in [1.29, 1.82) is 0 Å². The summed E-state index contributed by atoms with van der Waals surface area (Å²) in [7, 11) is 0. The van der Waals surface area contributed by atoms with Gasteiger partial charge < -0.3 is 14.6 Å². The minimum Gasteiger partial charge on any atom is -0.395 e. The maximum absolute atomic E-state index is 14.0. The third-order valence-electron chi connectivity index (χ3n) is 5.03. The Morgan fingerprint density at radius 1 is 1.27 bits per heavy atom. The molecule has 1 aliphatic heterocycles. The molecule has 134 valence electrons. The number of hydrogen-bond donors (Lipinski definition) is 1. The highest BCUT2D eigenvalue weighted by Gasteiger charge is 2.29. The Morgan fingerprint density at radius 2 is 2.12 bits per heavy atom. The van der Waals surface area contributed by atoms with E-state index in [1.807, 2.05) is 16.7 Å². The van der Waals surface area contributed by atoms with Crippen molar-refractivity contribution in [3.05, 3.63) is 65.7 Å². The molecule has 0 saturated carbocycles. The topological polar surface area (TPSA) is 58.4 Å². The zero-order chi connectivity index (χ0) is 18.1. The SMILES string of the molecule is O=C(c1ccc2c(c1)ncn2CCO)N1CC[C@H](c2ccccc2F)C1. The fraction of sp³-hybridized carbons (Fsp3) is 0.300. The molecule has 0 bridgehead atoms. The highest BCUT2D eigenvalue weighted by Crippen LogP contribution is 2.30. The predicted octanol–water partition coefficient (Wildman–Crippen LogP) is 2.80. The van der Waals surface area contributed by atoms with Gasteiger partial charge in [-0.25, -0.2) is 9.37 Å². The van der Waals surface area contributed by atoms with Crippen LogP contribution in [-0.4, -0.2) is 45.2 Å². The van der Waals surface area contributed by atoms with Crippen molar-refractivity contribution in [3.63, 3.8) is 0 Å². The first kappa shape index (κ1) is 16.7. The number of aromatic nitrogens is 2. The van der Waals surface area contributed by atoms with Crippen LogP contribution in [0.1, 0.15) is 28.3 Å². The summed E-state index contributed by atoms with van der Waals surface area (Å²) in [5, 5.41) is 9.09. The third-order valence-corrected chi connectivity index (χ3v) is 5.03. The van der Waals surface area contributed by atoms with Gasteiger partial charge in [-0.3, -0.25) is 4.79 Å². The lowest BCUT2D eigenvalue weighted by atomic mass is 9.98. The summed E-state index contributed by atoms with van der Waals surface area (Å²) < 4.78 is 15.9. The van der Waals surface area contributed by atoms with Crippen LogP contribution in [-0.2, 0) is 6.54 Å². The Hall–Kier alpha value is -2.73. The van der Waals surface area contributed by atoms with Crippen LogP contribution < -0.4 is 0 Å². The predicted molar refractivity (Wildman–Crippen MR) is 96.5 cm³/mol. The summed E-state index contributed by atoms with van der Waals surface area (Å²) in [5.41, 5.74) is 2.89. The zero-order valence-electron chi connectivity index (χ0n) is 14.3. The second-order valence-corrected chi connectivity index (χ2v) is 6.62. The van der Waals surface area contributed by atoms with Crippen molar-refractivity contribution in [1.82, 2.24) is 14.5 Å². The standard InChI is InChI=1S/C20H20FN3O2/c21-17-4-2-1-3-16(17)15-7-8-23(12-15)20(26)14-5-6-19-18(11-14)22-13-24(19)9-10-25/h1-6,11,13,15,25H,7-10,12H2/t15-/m0/s1. The molecule has 1 aromatic heterocycles. The second kappa shape index (κ2) is 6.88. The molecule has 0 radical (unpaired) electrons. The molecule has 0 spiro atoms. The number of hydrogen-bond acceptors (Lipinski definition) is 3. The molecule has 2 heterocycles. The number of imidazole rings is 1. The average molecular weight is 353 g/mol. The van der Waals surface area contributed by atoms with E-state index in [0.29, 0.717) is 30.8 Å². The molecule has 26 heavy (non-hydrogen) atoms. The third kappa shape index (κ3) is 2.97. The van der Waals surface area contributed by atoms with Crippen LogP contribution in [0.4, 0.5) is 4.39 Å². The summed E-state index contributed by atoms with van der Waals surface area (Å²) >= 11 is 0. The van der Waals surface area contributed by atoms with Crippen molar-refractivity contribution >= 4 is 16.9 Å². The first-order valence-corrected chi connectivity index (χ1v) is 8.77. The number of halogens is 1. The van der Waals surface area contributed by atoms with Gasteiger partial charge in [0, 0.05) is 31.1 Å². The van der Waals surface area contributed by atoms with Crippen molar-refractivity contribution < 1.29 is 14.3 Å². The molecule has 1 aliphatic rings. The van der Waals surface area contributed by atoms with E-state index in [9.17, 15) is 9.18 Å². The lowest BCUT2D eigenvalue weighted by Crippen LogP contribution is -2.28. The molecule has 4 rings (SSSR count). The average Bonchev–Trinajstić information content (AvgIpc) is 3.29. The summed E-state index contributed by atoms with van der Waals surface area (Å²) in [5.74, 6) is -0.224. The van der Waals surface area contributed by atoms with Crippen LogP contribution in [0.3, 0.4) is 0 Å². The number of amides is 1. The maximum atomic E-state index is 14.0. The lowest BCUT2D eigenvalue weighted by Gasteiger charge is -2.17. The molecule has 1 N–H and O–H groups in total. The molecule has 1 amide bonds. The van der Waals surface area contributed by atoms with E-state index in [2.05, 4.69) is 4.98 Å². The lowest BCUT2D eigenvalue weighted by molar-refractivity contribution is 0.0790. The van der Waals surface area contributed by atoms with Crippen LogP contribution in [0.15, 0.2) is 48.8 Å². The molecule has 2 aromatic carbocycles. The van der Waals surface area contributed by atoms with Gasteiger partial charge in [-0.05, 0) is 36.2 Å². The fourth-order valence-electron chi connectivity index (χ4n) is 3.67. The van der Waals surface area contributed by atoms with Gasteiger partial charge in [0.05, 0.1) is 24.0 Å². The smallest absolute Gasteiger partial charge is 0.253 e. The molecule has 1 fully saturated rings. The maximum Gasteiger partial charge on any atom is 0.253 e. The zero-order valence-corrected chi connectivity index (χ0v) is 14.3. The van der Waals surface area contributed by atoms with E-state index in [0.717, 1.165) is 17.5 Å². The highest BCUT2D eigenvalue weighted by atomic mass is 19.1. The Labute approximate surface area is 150 Å². The Balaban J connectivity index is 1.53. The first-order chi connectivity index (χ1) is 12.7. The Bertz CT molecular complexity index is 953. The van der Waals surface area contributed by atoms with Crippen molar-refractivity contribution in [2.45, 2.75) is 18.9 Å². The molecule has 1 atom stereocenters. The number of carbonyl (C=O) groups excluding carboxylic acids is 1. The minimum absolute atomic E-state index is 0.0349. The van der Waals surface area contributed by atoms with Crippen LogP contribution in [0.5, 0.6) is 0 Å². The first-order valence-electron chi connectivity index (χ1n) is 8.77. The van der Waals surface area contributed by atoms with Crippen LogP contribution in [0, 0.1) is 5.82 Å². The molecule has 0 aliphatic carbocycles. The molecule has 6 heteroatoms. The van der Waals surface area contributed by atoms with Gasteiger partial charge in [-0.1, -0.05) is 18.2 Å². The van der Waals surface area contributed by atoms with Crippen LogP contribution in [0.2, 0.25) is 0 Å². The number of carbonyl (C=O) groups is 1. The number of likely N-dealkylation sites (tertiary alicyclic amines) is 1. The summed E-state index contributed by atoms with van der Waals surface area (Å²) in [6, 6.07) is 12.2. The van der Waals surface area contributed by atoms with E-state index in [4.69, 9.17) is 5.11 Å². The molecule has 3 aromatic rings. The quantitative estimate of drug-likeness (QED) is 0.785. The Kier molecular flexibility index (Phi) is 4.42. The summed E-state index contributed by atoms with van der Waals surface area (Å²) in [4.78, 5) is 18.9. The number of aliphatic hydroxyl groups is 1. The van der Waals surface area contributed by atoms with Crippen LogP contribution in [0.25, 0.3) is 11.0 Å². The van der Waals surface area contributed by atoms with E-state index in [1.54, 1.807) is 35.5 Å². The van der Waals surface area contributed by atoms with Crippen molar-refractivity contribution in [2.24, 2.45) is 0 Å². The van der Waals surface area contributed by atoms with Gasteiger partial charge in [0.1, 0.15) is 5.82 Å². The van der Waals surface area contributed by atoms with Crippen molar-refractivity contribution in [2.75, 3.05) is 19.7 Å². The van der Waals surface area contributed by atoms with E-state index in [1.165, 1.54) is 6.07 Å². The van der Waals surface area contributed by atoms with Gasteiger partial charge in [0.2, 0.25) is 0 Å². The van der Waals surface area contributed by atoms with Gasteiger partial charge >= 0.3 is 0 Å². The second-order valence-electron chi connectivity index (χ2n) is 6.62. The number of nitrogens with zero attached hydrogens (tertiary/aromatic N) is 3. The van der Waals surface area contributed by atoms with Gasteiger partial charge in [0.15, 0.2) is 0 Å². The number of rotatable bonds is 4. The highest BCUT2D eigenvalue weighted by molar-refractivity contribution is 5.97. The molecule has 1 saturated heterocycles. The molecular formula is C20H20FN3O2. The number of benzene rings is 2. The summed E-state index contributed by atoms with van der Waals surface area (Å²) in [6.45, 7) is 1.66. The van der Waals surface area contributed by atoms with Gasteiger partial charge in [0.25, 0.3) is 5.91 Å². The monoisotopic (exact) mass is 353 g/mol. The van der Waals surface area contributed by atoms with E-state index >= 15 is 0 Å². The molecule has 0 unspecified atom stereocenters. The molecule has 5 nitrogen and oxygen atoms in total. The number of fused-ring (bicyclic) bond motifs is 1. The minimum atomic E-state index is -0.206. The van der Waals surface area contributed by atoms with Crippen LogP contribution >= 0.6 is 0 Å². The largest absolute Gasteiger partial charge is 0.395 e. The van der Waals surface area contributed by atoms with Gasteiger partial charge in [-0.2, -0.15) is 0 Å². The normalized spacial score (nSPS) is 17.2. The van der Waals surface area contributed by atoms with Crippen molar-refractivity contribution in [3.8, 4) is 0 Å². The molecular weight excluding hydrogens is 333 g/mol. The van der Waals surface area contributed by atoms with E-state index in [-0.39, 0.29) is 24.2 Å².